The summed E-state index contributed by atoms with van der Waals surface area (Å²) in [5.74, 6) is 0.759. The Morgan fingerprint density at radius 3 is 2.82 bits per heavy atom. The SMILES string of the molecule is COc1ccc(C)cc1C(C)(O)C1CCCN1. The molecule has 1 heterocycles. The standard InChI is InChI=1S/C14H21NO2/c1-10-6-7-12(17-3)11(9-10)14(2,16)13-5-4-8-15-13/h6-7,9,13,15-16H,4-5,8H2,1-3H3. The predicted molar refractivity (Wildman–Crippen MR) is 68.3 cm³/mol. The van der Waals surface area contributed by atoms with E-state index >= 15 is 0 Å². The molecular weight excluding hydrogens is 214 g/mol. The van der Waals surface area contributed by atoms with E-state index in [9.17, 15) is 5.11 Å². The zero-order chi connectivity index (χ0) is 12.5. The predicted octanol–water partition coefficient (Wildman–Crippen LogP) is 1.96. The monoisotopic (exact) mass is 235 g/mol. The Kier molecular flexibility index (Phi) is 3.40. The molecule has 94 valence electrons. The van der Waals surface area contributed by atoms with Gasteiger partial charge in [-0.1, -0.05) is 11.6 Å². The van der Waals surface area contributed by atoms with Crippen molar-refractivity contribution < 1.29 is 9.84 Å². The van der Waals surface area contributed by atoms with Crippen LogP contribution in [0, 0.1) is 6.92 Å². The first-order valence-corrected chi connectivity index (χ1v) is 6.16. The summed E-state index contributed by atoms with van der Waals surface area (Å²) in [6.45, 7) is 4.88. The van der Waals surface area contributed by atoms with E-state index in [1.807, 2.05) is 32.0 Å². The van der Waals surface area contributed by atoms with Gasteiger partial charge in [-0.25, -0.2) is 0 Å². The molecule has 0 amide bonds. The number of nitrogens with one attached hydrogen (secondary N) is 1. The second-order valence-corrected chi connectivity index (χ2v) is 5.00. The third kappa shape index (κ3) is 2.31. The Morgan fingerprint density at radius 2 is 2.24 bits per heavy atom. The molecule has 1 aliphatic rings. The maximum atomic E-state index is 10.8. The van der Waals surface area contributed by atoms with Gasteiger partial charge in [-0.15, -0.1) is 0 Å². The van der Waals surface area contributed by atoms with Gasteiger partial charge < -0.3 is 15.2 Å². The van der Waals surface area contributed by atoms with E-state index in [0.29, 0.717) is 0 Å². The van der Waals surface area contributed by atoms with Crippen molar-refractivity contribution in [3.8, 4) is 5.75 Å². The zero-order valence-electron chi connectivity index (χ0n) is 10.8. The molecule has 3 heteroatoms. The minimum absolute atomic E-state index is 0.109. The minimum atomic E-state index is -0.881. The lowest BCUT2D eigenvalue weighted by Gasteiger charge is -2.32. The van der Waals surface area contributed by atoms with Crippen molar-refractivity contribution in [3.63, 3.8) is 0 Å². The van der Waals surface area contributed by atoms with E-state index < -0.39 is 5.60 Å². The number of hydrogen-bond acceptors (Lipinski definition) is 3. The first kappa shape index (κ1) is 12.4. The average Bonchev–Trinajstić information content (AvgIpc) is 2.83. The van der Waals surface area contributed by atoms with Crippen molar-refractivity contribution in [2.24, 2.45) is 0 Å². The van der Waals surface area contributed by atoms with Gasteiger partial charge in [-0.3, -0.25) is 0 Å². The quantitative estimate of drug-likeness (QED) is 0.841. The Labute approximate surface area is 103 Å². The maximum Gasteiger partial charge on any atom is 0.125 e. The number of ether oxygens (including phenoxy) is 1. The molecule has 2 N–H and O–H groups in total. The molecular formula is C14H21NO2. The molecule has 2 atom stereocenters. The number of benzene rings is 1. The van der Waals surface area contributed by atoms with E-state index in [-0.39, 0.29) is 6.04 Å². The summed E-state index contributed by atoms with van der Waals surface area (Å²) in [5, 5.41) is 14.1. The molecule has 0 radical (unpaired) electrons. The van der Waals surface area contributed by atoms with Crippen LogP contribution in [0.1, 0.15) is 30.9 Å². The highest BCUT2D eigenvalue weighted by atomic mass is 16.5. The first-order chi connectivity index (χ1) is 8.05. The lowest BCUT2D eigenvalue weighted by molar-refractivity contribution is 0.0196. The van der Waals surface area contributed by atoms with Crippen molar-refractivity contribution in [2.45, 2.75) is 38.3 Å². The van der Waals surface area contributed by atoms with E-state index in [2.05, 4.69) is 5.32 Å². The summed E-state index contributed by atoms with van der Waals surface area (Å²) in [7, 11) is 1.65. The number of rotatable bonds is 3. The summed E-state index contributed by atoms with van der Waals surface area (Å²) in [6, 6.07) is 6.05. The molecule has 17 heavy (non-hydrogen) atoms. The molecule has 0 spiro atoms. The van der Waals surface area contributed by atoms with E-state index in [1.165, 1.54) is 0 Å². The lowest BCUT2D eigenvalue weighted by atomic mass is 9.86. The summed E-state index contributed by atoms with van der Waals surface area (Å²) in [5.41, 5.74) is 1.13. The molecule has 0 aliphatic carbocycles. The van der Waals surface area contributed by atoms with E-state index in [1.54, 1.807) is 7.11 Å². The zero-order valence-corrected chi connectivity index (χ0v) is 10.8. The van der Waals surface area contributed by atoms with Crippen LogP contribution in [0.3, 0.4) is 0 Å². The van der Waals surface area contributed by atoms with Gasteiger partial charge in [0.15, 0.2) is 0 Å². The topological polar surface area (TPSA) is 41.5 Å². The van der Waals surface area contributed by atoms with Crippen LogP contribution >= 0.6 is 0 Å². The summed E-state index contributed by atoms with van der Waals surface area (Å²) in [4.78, 5) is 0. The molecule has 2 rings (SSSR count). The summed E-state index contributed by atoms with van der Waals surface area (Å²) in [6.07, 6.45) is 2.12. The van der Waals surface area contributed by atoms with E-state index in [4.69, 9.17) is 4.74 Å². The largest absolute Gasteiger partial charge is 0.496 e. The van der Waals surface area contributed by atoms with Crippen molar-refractivity contribution in [1.29, 1.82) is 0 Å². The van der Waals surface area contributed by atoms with Gasteiger partial charge in [-0.05, 0) is 45.4 Å². The molecule has 1 aromatic carbocycles. The molecule has 1 saturated heterocycles. The van der Waals surface area contributed by atoms with Crippen molar-refractivity contribution >= 4 is 0 Å². The fraction of sp³-hybridized carbons (Fsp3) is 0.571. The second kappa shape index (κ2) is 4.67. The highest BCUT2D eigenvalue weighted by Gasteiger charge is 2.37. The molecule has 1 aliphatic heterocycles. The van der Waals surface area contributed by atoms with Crippen molar-refractivity contribution in [2.75, 3.05) is 13.7 Å². The smallest absolute Gasteiger partial charge is 0.125 e. The maximum absolute atomic E-state index is 10.8. The molecule has 2 unspecified atom stereocenters. The average molecular weight is 235 g/mol. The van der Waals surface area contributed by atoms with Crippen LogP contribution in [0.4, 0.5) is 0 Å². The first-order valence-electron chi connectivity index (χ1n) is 6.16. The molecule has 3 nitrogen and oxygen atoms in total. The molecule has 0 aromatic heterocycles. The molecule has 0 bridgehead atoms. The van der Waals surface area contributed by atoms with Crippen molar-refractivity contribution in [3.05, 3.63) is 29.3 Å². The van der Waals surface area contributed by atoms with Gasteiger partial charge in [0.2, 0.25) is 0 Å². The van der Waals surface area contributed by atoms with Gasteiger partial charge in [0.05, 0.1) is 7.11 Å². The van der Waals surface area contributed by atoms with Gasteiger partial charge in [0.25, 0.3) is 0 Å². The number of aryl methyl sites for hydroxylation is 1. The minimum Gasteiger partial charge on any atom is -0.496 e. The van der Waals surface area contributed by atoms with E-state index in [0.717, 1.165) is 36.3 Å². The molecule has 1 fully saturated rings. The Balaban J connectivity index is 2.39. The normalized spacial score (nSPS) is 23.4. The summed E-state index contributed by atoms with van der Waals surface area (Å²) < 4.78 is 5.36. The highest BCUT2D eigenvalue weighted by molar-refractivity contribution is 5.41. The molecule has 1 aromatic rings. The fourth-order valence-electron chi connectivity index (χ4n) is 2.57. The van der Waals surface area contributed by atoms with Gasteiger partial charge in [0, 0.05) is 11.6 Å². The van der Waals surface area contributed by atoms with Gasteiger partial charge in [0.1, 0.15) is 11.4 Å². The van der Waals surface area contributed by atoms with Crippen LogP contribution < -0.4 is 10.1 Å². The van der Waals surface area contributed by atoms with Crippen molar-refractivity contribution in [1.82, 2.24) is 5.32 Å². The van der Waals surface area contributed by atoms with Crippen LogP contribution in [0.5, 0.6) is 5.75 Å². The van der Waals surface area contributed by atoms with Crippen LogP contribution in [0.15, 0.2) is 18.2 Å². The van der Waals surface area contributed by atoms with Crippen LogP contribution in [-0.2, 0) is 5.60 Å². The number of hydrogen-bond donors (Lipinski definition) is 2. The van der Waals surface area contributed by atoms with Gasteiger partial charge >= 0.3 is 0 Å². The Morgan fingerprint density at radius 1 is 1.47 bits per heavy atom. The number of aliphatic hydroxyl groups is 1. The summed E-state index contributed by atoms with van der Waals surface area (Å²) >= 11 is 0. The van der Waals surface area contributed by atoms with Crippen LogP contribution in [0.2, 0.25) is 0 Å². The second-order valence-electron chi connectivity index (χ2n) is 5.00. The lowest BCUT2D eigenvalue weighted by Crippen LogP contribution is -2.43. The number of methoxy groups -OCH3 is 1. The van der Waals surface area contributed by atoms with Gasteiger partial charge in [-0.2, -0.15) is 0 Å². The van der Waals surface area contributed by atoms with Crippen LogP contribution in [0.25, 0.3) is 0 Å². The van der Waals surface area contributed by atoms with Crippen LogP contribution in [-0.4, -0.2) is 24.8 Å². The molecule has 0 saturated carbocycles. The third-order valence-corrected chi connectivity index (χ3v) is 3.64. The third-order valence-electron chi connectivity index (χ3n) is 3.64. The highest BCUT2D eigenvalue weighted by Crippen LogP contribution is 2.35. The Bertz CT molecular complexity index is 395. The Hall–Kier alpha value is -1.06. The fourth-order valence-corrected chi connectivity index (χ4v) is 2.57.